The summed E-state index contributed by atoms with van der Waals surface area (Å²) in [5.41, 5.74) is 1.68. The van der Waals surface area contributed by atoms with Gasteiger partial charge in [0, 0.05) is 36.3 Å². The number of para-hydroxylation sites is 1. The quantitative estimate of drug-likeness (QED) is 0.864. The molecular formula is C19H24N2O. The van der Waals surface area contributed by atoms with E-state index in [9.17, 15) is 4.79 Å². The van der Waals surface area contributed by atoms with Crippen LogP contribution in [0.4, 0.5) is 5.69 Å². The van der Waals surface area contributed by atoms with E-state index < -0.39 is 0 Å². The van der Waals surface area contributed by atoms with Crippen LogP contribution in [0.1, 0.15) is 43.0 Å². The minimum atomic E-state index is -0.308. The third-order valence-electron chi connectivity index (χ3n) is 6.92. The summed E-state index contributed by atoms with van der Waals surface area (Å²) in [7, 11) is 0. The second-order valence-electron chi connectivity index (χ2n) is 7.82. The second-order valence-corrected chi connectivity index (χ2v) is 7.82. The highest BCUT2D eigenvalue weighted by Crippen LogP contribution is 2.54. The number of hydrogen-bond donors (Lipinski definition) is 1. The maximum Gasteiger partial charge on any atom is 0.190 e. The Bertz CT molecular complexity index is 634. The van der Waals surface area contributed by atoms with Crippen LogP contribution in [0, 0.1) is 17.8 Å². The fourth-order valence-electron chi connectivity index (χ4n) is 6.06. The second kappa shape index (κ2) is 4.35. The van der Waals surface area contributed by atoms with Crippen molar-refractivity contribution in [3.63, 3.8) is 0 Å². The summed E-state index contributed by atoms with van der Waals surface area (Å²) in [6, 6.07) is 8.73. The Kier molecular flexibility index (Phi) is 2.59. The highest BCUT2D eigenvalue weighted by atomic mass is 16.1. The first kappa shape index (κ1) is 13.1. The topological polar surface area (TPSA) is 32.3 Å². The predicted octanol–water partition coefficient (Wildman–Crippen LogP) is 3.17. The molecule has 1 aliphatic carbocycles. The van der Waals surface area contributed by atoms with Crippen LogP contribution in [0.2, 0.25) is 0 Å². The number of Topliss-reactive ketones (excluding diaryl/α,β-unsaturated/α-hetero) is 1. The summed E-state index contributed by atoms with van der Waals surface area (Å²) in [6.07, 6.45) is 4.85. The molecule has 1 aromatic carbocycles. The zero-order valence-corrected chi connectivity index (χ0v) is 13.2. The molecular weight excluding hydrogens is 272 g/mol. The standard InChI is InChI=1S/C19H24N2O/c1-2-13-9-12-10-15-17(13)21(11-12)8-7-19(15)18(22)14-5-3-4-6-16(14)20-19/h3-6,12-13,15,17,20H,2,7-11H2,1H3/t12-,13-,15-,17+,19-/m0/s1. The van der Waals surface area contributed by atoms with E-state index in [1.165, 1.54) is 25.8 Å². The van der Waals surface area contributed by atoms with Crippen molar-refractivity contribution in [3.8, 4) is 0 Å². The Balaban J connectivity index is 1.59. The summed E-state index contributed by atoms with van der Waals surface area (Å²) in [5, 5.41) is 3.71. The van der Waals surface area contributed by atoms with E-state index >= 15 is 0 Å². The first-order chi connectivity index (χ1) is 10.7. The van der Waals surface area contributed by atoms with Crippen molar-refractivity contribution >= 4 is 11.5 Å². The lowest BCUT2D eigenvalue weighted by Crippen LogP contribution is -2.70. The molecule has 0 amide bonds. The normalized spacial score (nSPS) is 45.0. The van der Waals surface area contributed by atoms with Crippen LogP contribution in [0.15, 0.2) is 24.3 Å². The van der Waals surface area contributed by atoms with E-state index in [1.54, 1.807) is 0 Å². The van der Waals surface area contributed by atoms with E-state index in [1.807, 2.05) is 18.2 Å². The lowest BCUT2D eigenvalue weighted by atomic mass is 9.56. The molecule has 6 rings (SSSR count). The van der Waals surface area contributed by atoms with Gasteiger partial charge in [-0.3, -0.25) is 9.69 Å². The molecule has 4 bridgehead atoms. The smallest absolute Gasteiger partial charge is 0.190 e. The van der Waals surface area contributed by atoms with E-state index in [0.29, 0.717) is 17.7 Å². The molecule has 1 saturated carbocycles. The van der Waals surface area contributed by atoms with Gasteiger partial charge in [0.25, 0.3) is 0 Å². The minimum absolute atomic E-state index is 0.308. The van der Waals surface area contributed by atoms with Gasteiger partial charge in [0.05, 0.1) is 0 Å². The first-order valence-corrected chi connectivity index (χ1v) is 8.89. The van der Waals surface area contributed by atoms with E-state index in [0.717, 1.165) is 36.1 Å². The lowest BCUT2D eigenvalue weighted by molar-refractivity contribution is -0.0893. The third kappa shape index (κ3) is 1.48. The average Bonchev–Trinajstić information content (AvgIpc) is 2.85. The molecule has 6 atom stereocenters. The van der Waals surface area contributed by atoms with Crippen molar-refractivity contribution in [2.24, 2.45) is 17.8 Å². The van der Waals surface area contributed by atoms with Crippen molar-refractivity contribution in [2.45, 2.75) is 44.2 Å². The molecule has 3 nitrogen and oxygen atoms in total. The Morgan fingerprint density at radius 2 is 2.18 bits per heavy atom. The van der Waals surface area contributed by atoms with Gasteiger partial charge in [-0.2, -0.15) is 0 Å². The Morgan fingerprint density at radius 3 is 3.00 bits per heavy atom. The molecule has 3 saturated heterocycles. The number of ketones is 1. The molecule has 1 N–H and O–H groups in total. The average molecular weight is 296 g/mol. The van der Waals surface area contributed by atoms with E-state index in [-0.39, 0.29) is 5.54 Å². The minimum Gasteiger partial charge on any atom is -0.372 e. The largest absolute Gasteiger partial charge is 0.372 e. The molecule has 4 fully saturated rings. The molecule has 22 heavy (non-hydrogen) atoms. The number of fused-ring (bicyclic) bond motifs is 2. The molecule has 1 unspecified atom stereocenters. The number of piperidine rings is 3. The Hall–Kier alpha value is -1.35. The highest BCUT2D eigenvalue weighted by molar-refractivity contribution is 6.13. The maximum absolute atomic E-state index is 13.3. The number of anilines is 1. The van der Waals surface area contributed by atoms with Crippen LogP contribution in [0.5, 0.6) is 0 Å². The number of carbonyl (C=O) groups is 1. The monoisotopic (exact) mass is 296 g/mol. The molecule has 116 valence electrons. The zero-order valence-electron chi connectivity index (χ0n) is 13.2. The number of nitrogens with zero attached hydrogens (tertiary/aromatic N) is 1. The molecule has 3 heteroatoms. The summed E-state index contributed by atoms with van der Waals surface area (Å²) in [6.45, 7) is 4.68. The van der Waals surface area contributed by atoms with Gasteiger partial charge >= 0.3 is 0 Å². The van der Waals surface area contributed by atoms with Gasteiger partial charge in [0.2, 0.25) is 0 Å². The van der Waals surface area contributed by atoms with Crippen molar-refractivity contribution in [3.05, 3.63) is 29.8 Å². The SMILES string of the molecule is CC[C@H]1C[C@H]2C[C@H]3[C@@H]1N(CC[C@]31Nc3ccccc3C1=O)C2. The van der Waals surface area contributed by atoms with Crippen LogP contribution in [0.25, 0.3) is 0 Å². The number of benzene rings is 1. The zero-order chi connectivity index (χ0) is 14.9. The van der Waals surface area contributed by atoms with Gasteiger partial charge in [0.1, 0.15) is 5.54 Å². The summed E-state index contributed by atoms with van der Waals surface area (Å²) in [4.78, 5) is 16.0. The van der Waals surface area contributed by atoms with Gasteiger partial charge in [-0.05, 0) is 43.2 Å². The molecule has 4 heterocycles. The molecule has 4 aliphatic heterocycles. The van der Waals surface area contributed by atoms with Gasteiger partial charge in [-0.1, -0.05) is 25.5 Å². The number of rotatable bonds is 1. The van der Waals surface area contributed by atoms with Gasteiger partial charge < -0.3 is 5.32 Å². The molecule has 0 radical (unpaired) electrons. The fourth-order valence-corrected chi connectivity index (χ4v) is 6.06. The van der Waals surface area contributed by atoms with Crippen LogP contribution in [-0.2, 0) is 0 Å². The third-order valence-corrected chi connectivity index (χ3v) is 6.92. The summed E-state index contributed by atoms with van der Waals surface area (Å²) >= 11 is 0. The van der Waals surface area contributed by atoms with Gasteiger partial charge in [-0.25, -0.2) is 0 Å². The predicted molar refractivity (Wildman–Crippen MR) is 87.1 cm³/mol. The van der Waals surface area contributed by atoms with E-state index in [2.05, 4.69) is 23.2 Å². The molecule has 1 aromatic rings. The summed E-state index contributed by atoms with van der Waals surface area (Å²) < 4.78 is 0. The van der Waals surface area contributed by atoms with Crippen molar-refractivity contribution in [2.75, 3.05) is 18.4 Å². The number of hydrogen-bond acceptors (Lipinski definition) is 3. The van der Waals surface area contributed by atoms with Crippen molar-refractivity contribution < 1.29 is 4.79 Å². The molecule has 0 aromatic heterocycles. The number of nitrogens with one attached hydrogen (secondary N) is 1. The number of carbonyl (C=O) groups excluding carboxylic acids is 1. The fraction of sp³-hybridized carbons (Fsp3) is 0.632. The van der Waals surface area contributed by atoms with E-state index in [4.69, 9.17) is 0 Å². The molecule has 5 aliphatic rings. The highest BCUT2D eigenvalue weighted by Gasteiger charge is 2.61. The maximum atomic E-state index is 13.3. The van der Waals surface area contributed by atoms with Crippen LogP contribution < -0.4 is 5.32 Å². The van der Waals surface area contributed by atoms with Crippen LogP contribution >= 0.6 is 0 Å². The Labute approximate surface area is 132 Å². The summed E-state index contributed by atoms with van der Waals surface area (Å²) in [5.74, 6) is 2.46. The van der Waals surface area contributed by atoms with Crippen molar-refractivity contribution in [1.82, 2.24) is 4.90 Å². The van der Waals surface area contributed by atoms with Gasteiger partial charge in [-0.15, -0.1) is 0 Å². The van der Waals surface area contributed by atoms with Crippen LogP contribution in [0.3, 0.4) is 0 Å². The molecule has 1 spiro atoms. The Morgan fingerprint density at radius 1 is 1.32 bits per heavy atom. The van der Waals surface area contributed by atoms with Crippen molar-refractivity contribution in [1.29, 1.82) is 0 Å². The van der Waals surface area contributed by atoms with Crippen LogP contribution in [-0.4, -0.2) is 35.4 Å². The first-order valence-electron chi connectivity index (χ1n) is 8.89. The van der Waals surface area contributed by atoms with Gasteiger partial charge in [0.15, 0.2) is 5.78 Å². The lowest BCUT2D eigenvalue weighted by Gasteiger charge is -2.62.